The Kier molecular flexibility index (Phi) is 2.57. The van der Waals surface area contributed by atoms with E-state index >= 15 is 0 Å². The molecular weight excluding hydrogens is 260 g/mol. The average Bonchev–Trinajstić information content (AvgIpc) is 2.99. The Balaban J connectivity index is 1.86. The summed E-state index contributed by atoms with van der Waals surface area (Å²) < 4.78 is 4.38. The number of fused-ring (bicyclic) bond motifs is 2. The maximum absolute atomic E-state index is 4.75. The average molecular weight is 276 g/mol. The fraction of sp³-hybridized carbons (Fsp3) is 0.176. The minimum atomic E-state index is 0.734. The molecule has 0 aliphatic rings. The van der Waals surface area contributed by atoms with Crippen LogP contribution in [0.2, 0.25) is 0 Å². The third-order valence-corrected chi connectivity index (χ3v) is 4.02. The molecule has 2 heterocycles. The first-order valence-electron chi connectivity index (χ1n) is 7.06. The molecule has 4 nitrogen and oxygen atoms in total. The van der Waals surface area contributed by atoms with Crippen LogP contribution in [0.3, 0.4) is 0 Å². The summed E-state index contributed by atoms with van der Waals surface area (Å²) in [6.07, 6.45) is 0. The quantitative estimate of drug-likeness (QED) is 0.563. The summed E-state index contributed by atoms with van der Waals surface area (Å²) in [4.78, 5) is 9.37. The molecule has 0 N–H and O–H groups in total. The van der Waals surface area contributed by atoms with E-state index in [1.807, 2.05) is 31.2 Å². The van der Waals surface area contributed by atoms with E-state index < -0.39 is 0 Å². The molecule has 0 unspecified atom stereocenters. The number of imidazole rings is 2. The molecule has 2 aromatic heterocycles. The molecule has 0 amide bonds. The van der Waals surface area contributed by atoms with E-state index in [0.29, 0.717) is 0 Å². The molecule has 0 radical (unpaired) electrons. The molecule has 0 aliphatic heterocycles. The topological polar surface area (TPSA) is 35.6 Å². The third kappa shape index (κ3) is 1.83. The Morgan fingerprint density at radius 3 is 2.19 bits per heavy atom. The van der Waals surface area contributed by atoms with Crippen LogP contribution in [0.5, 0.6) is 0 Å². The van der Waals surface area contributed by atoms with Crippen LogP contribution in [-0.4, -0.2) is 19.1 Å². The lowest BCUT2D eigenvalue weighted by Gasteiger charge is -2.07. The maximum atomic E-state index is 4.75. The molecule has 0 fully saturated rings. The first-order valence-corrected chi connectivity index (χ1v) is 7.06. The summed E-state index contributed by atoms with van der Waals surface area (Å²) in [5.74, 6) is 2.06. The SMILES string of the molecule is Cc1nc2ccccc2n1Cc1nc2ccccc2n1C. The minimum Gasteiger partial charge on any atom is -0.330 e. The highest BCUT2D eigenvalue weighted by atomic mass is 15.1. The van der Waals surface area contributed by atoms with Crippen molar-refractivity contribution in [3.63, 3.8) is 0 Å². The van der Waals surface area contributed by atoms with E-state index in [9.17, 15) is 0 Å². The predicted molar refractivity (Wildman–Crippen MR) is 84.3 cm³/mol. The van der Waals surface area contributed by atoms with E-state index in [-0.39, 0.29) is 0 Å². The van der Waals surface area contributed by atoms with Crippen LogP contribution >= 0.6 is 0 Å². The van der Waals surface area contributed by atoms with Gasteiger partial charge in [0.1, 0.15) is 11.6 Å². The number of nitrogens with zero attached hydrogens (tertiary/aromatic N) is 4. The highest BCUT2D eigenvalue weighted by molar-refractivity contribution is 5.77. The highest BCUT2D eigenvalue weighted by Gasteiger charge is 2.11. The second kappa shape index (κ2) is 4.45. The summed E-state index contributed by atoms with van der Waals surface area (Å²) in [6, 6.07) is 16.5. The summed E-state index contributed by atoms with van der Waals surface area (Å²) in [5.41, 5.74) is 4.39. The molecule has 0 bridgehead atoms. The molecule has 4 rings (SSSR count). The van der Waals surface area contributed by atoms with Crippen molar-refractivity contribution < 1.29 is 0 Å². The van der Waals surface area contributed by atoms with Crippen LogP contribution in [0.1, 0.15) is 11.6 Å². The monoisotopic (exact) mass is 276 g/mol. The number of hydrogen-bond donors (Lipinski definition) is 0. The number of aryl methyl sites for hydroxylation is 2. The molecule has 0 saturated carbocycles. The van der Waals surface area contributed by atoms with Crippen molar-refractivity contribution >= 4 is 22.1 Å². The Hall–Kier alpha value is -2.62. The summed E-state index contributed by atoms with van der Waals surface area (Å²) in [5, 5.41) is 0. The Morgan fingerprint density at radius 2 is 1.48 bits per heavy atom. The van der Waals surface area contributed by atoms with Gasteiger partial charge in [-0.05, 0) is 31.2 Å². The molecule has 0 saturated heterocycles. The number of rotatable bonds is 2. The first-order chi connectivity index (χ1) is 10.2. The molecule has 2 aromatic carbocycles. The third-order valence-electron chi connectivity index (χ3n) is 4.02. The zero-order valence-corrected chi connectivity index (χ0v) is 12.1. The summed E-state index contributed by atoms with van der Waals surface area (Å²) in [7, 11) is 2.07. The molecule has 4 heteroatoms. The molecule has 0 aliphatic carbocycles. The normalized spacial score (nSPS) is 11.5. The zero-order chi connectivity index (χ0) is 14.4. The summed E-state index contributed by atoms with van der Waals surface area (Å²) >= 11 is 0. The van der Waals surface area contributed by atoms with Gasteiger partial charge in [0, 0.05) is 7.05 Å². The van der Waals surface area contributed by atoms with Crippen molar-refractivity contribution in [1.29, 1.82) is 0 Å². The Labute approximate surface area is 122 Å². The van der Waals surface area contributed by atoms with Gasteiger partial charge in [-0.1, -0.05) is 24.3 Å². The van der Waals surface area contributed by atoms with E-state index in [0.717, 1.165) is 40.3 Å². The van der Waals surface area contributed by atoms with Gasteiger partial charge in [0.2, 0.25) is 0 Å². The number of hydrogen-bond acceptors (Lipinski definition) is 2. The fourth-order valence-corrected chi connectivity index (χ4v) is 2.87. The number of aromatic nitrogens is 4. The molecule has 4 aromatic rings. The van der Waals surface area contributed by atoms with E-state index in [4.69, 9.17) is 4.98 Å². The molecule has 21 heavy (non-hydrogen) atoms. The lowest BCUT2D eigenvalue weighted by atomic mass is 10.3. The van der Waals surface area contributed by atoms with Crippen LogP contribution in [-0.2, 0) is 13.6 Å². The van der Waals surface area contributed by atoms with Gasteiger partial charge in [0.25, 0.3) is 0 Å². The van der Waals surface area contributed by atoms with E-state index in [1.54, 1.807) is 0 Å². The van der Waals surface area contributed by atoms with Crippen molar-refractivity contribution in [3.05, 3.63) is 60.2 Å². The lowest BCUT2D eigenvalue weighted by Crippen LogP contribution is -2.07. The summed E-state index contributed by atoms with van der Waals surface area (Å²) in [6.45, 7) is 2.78. The predicted octanol–water partition coefficient (Wildman–Crippen LogP) is 3.28. The molecule has 104 valence electrons. The van der Waals surface area contributed by atoms with Gasteiger partial charge < -0.3 is 9.13 Å². The van der Waals surface area contributed by atoms with Crippen molar-refractivity contribution in [2.75, 3.05) is 0 Å². The van der Waals surface area contributed by atoms with Crippen LogP contribution < -0.4 is 0 Å². The van der Waals surface area contributed by atoms with Gasteiger partial charge in [-0.15, -0.1) is 0 Å². The van der Waals surface area contributed by atoms with Gasteiger partial charge in [0.05, 0.1) is 28.6 Å². The smallest absolute Gasteiger partial charge is 0.129 e. The van der Waals surface area contributed by atoms with Crippen molar-refractivity contribution in [2.45, 2.75) is 13.5 Å². The van der Waals surface area contributed by atoms with Crippen LogP contribution in [0, 0.1) is 6.92 Å². The van der Waals surface area contributed by atoms with E-state index in [2.05, 4.69) is 45.4 Å². The van der Waals surface area contributed by atoms with Gasteiger partial charge in [-0.2, -0.15) is 0 Å². The van der Waals surface area contributed by atoms with Gasteiger partial charge in [0.15, 0.2) is 0 Å². The van der Waals surface area contributed by atoms with Crippen LogP contribution in [0.4, 0.5) is 0 Å². The van der Waals surface area contributed by atoms with Crippen molar-refractivity contribution in [3.8, 4) is 0 Å². The fourth-order valence-electron chi connectivity index (χ4n) is 2.87. The Morgan fingerprint density at radius 1 is 0.857 bits per heavy atom. The van der Waals surface area contributed by atoms with Crippen LogP contribution in [0.25, 0.3) is 22.1 Å². The van der Waals surface area contributed by atoms with Gasteiger partial charge >= 0.3 is 0 Å². The standard InChI is InChI=1S/C17H16N4/c1-12-18-14-8-4-6-10-16(14)21(12)11-17-19-13-7-3-5-9-15(13)20(17)2/h3-10H,11H2,1-2H3. The molecule has 0 spiro atoms. The number of benzene rings is 2. The minimum absolute atomic E-state index is 0.734. The highest BCUT2D eigenvalue weighted by Crippen LogP contribution is 2.19. The second-order valence-electron chi connectivity index (χ2n) is 5.31. The first kappa shape index (κ1) is 12.1. The molecular formula is C17H16N4. The van der Waals surface area contributed by atoms with Crippen LogP contribution in [0.15, 0.2) is 48.5 Å². The molecule has 0 atom stereocenters. The lowest BCUT2D eigenvalue weighted by molar-refractivity contribution is 0.704. The van der Waals surface area contributed by atoms with Gasteiger partial charge in [-0.3, -0.25) is 0 Å². The largest absolute Gasteiger partial charge is 0.330 e. The number of para-hydroxylation sites is 4. The van der Waals surface area contributed by atoms with Gasteiger partial charge in [-0.25, -0.2) is 9.97 Å². The zero-order valence-electron chi connectivity index (χ0n) is 12.1. The van der Waals surface area contributed by atoms with Crippen molar-refractivity contribution in [2.24, 2.45) is 7.05 Å². The van der Waals surface area contributed by atoms with Crippen molar-refractivity contribution in [1.82, 2.24) is 19.1 Å². The Bertz CT molecular complexity index is 946. The second-order valence-corrected chi connectivity index (χ2v) is 5.31. The van der Waals surface area contributed by atoms with E-state index in [1.165, 1.54) is 0 Å². The maximum Gasteiger partial charge on any atom is 0.129 e.